The maximum atomic E-state index is 13.8. The number of ether oxygens (including phenoxy) is 2. The molecule has 4 unspecified atom stereocenters. The molecule has 0 saturated heterocycles. The van der Waals surface area contributed by atoms with Crippen LogP contribution in [-0.2, 0) is 23.9 Å². The average molecular weight is 524 g/mol. The largest absolute Gasteiger partial charge is 0.508 e. The number of nitrogens with zero attached hydrogens (tertiary/aromatic N) is 1. The summed E-state index contributed by atoms with van der Waals surface area (Å²) in [5, 5.41) is 15.3. The zero-order valence-corrected chi connectivity index (χ0v) is 22.3. The van der Waals surface area contributed by atoms with Crippen molar-refractivity contribution in [1.82, 2.24) is 15.5 Å². The summed E-state index contributed by atoms with van der Waals surface area (Å²) in [5.41, 5.74) is -0.367. The number of hydrogen-bond acceptors (Lipinski definition) is 8. The van der Waals surface area contributed by atoms with Gasteiger partial charge < -0.3 is 30.1 Å². The second-order valence-corrected chi connectivity index (χ2v) is 10.1. The number of nitrogens with one attached hydrogen (secondary N) is 2. The van der Waals surface area contributed by atoms with Crippen molar-refractivity contribution in [3.8, 4) is 5.75 Å². The van der Waals surface area contributed by atoms with Gasteiger partial charge in [-0.05, 0) is 57.7 Å². The number of carbonyl (C=O) groups excluding carboxylic acids is 4. The minimum absolute atomic E-state index is 0.0153. The van der Waals surface area contributed by atoms with Crippen molar-refractivity contribution in [2.45, 2.75) is 71.2 Å². The van der Waals surface area contributed by atoms with Gasteiger partial charge in [0.15, 0.2) is 0 Å². The Morgan fingerprint density at radius 1 is 1.25 bits per heavy atom. The van der Waals surface area contributed by atoms with Crippen molar-refractivity contribution < 1.29 is 33.8 Å². The number of esters is 1. The molecule has 3 N–H and O–H groups in total. The molecular weight excluding hydrogens is 486 g/mol. The number of hydrogen-bond donors (Lipinski definition) is 4. The van der Waals surface area contributed by atoms with Crippen LogP contribution in [0.25, 0.3) is 0 Å². The lowest BCUT2D eigenvalue weighted by molar-refractivity contribution is -0.144. The fourth-order valence-electron chi connectivity index (χ4n) is 3.74. The van der Waals surface area contributed by atoms with E-state index >= 15 is 0 Å². The molecule has 10 nitrogen and oxygen atoms in total. The number of amides is 3. The molecule has 0 radical (unpaired) electrons. The molecule has 0 aromatic heterocycles. The second-order valence-electron chi connectivity index (χ2n) is 9.75. The van der Waals surface area contributed by atoms with Crippen molar-refractivity contribution in [3.05, 3.63) is 29.8 Å². The van der Waals surface area contributed by atoms with Crippen molar-refractivity contribution in [3.63, 3.8) is 0 Å². The fourth-order valence-corrected chi connectivity index (χ4v) is 3.99. The number of rotatable bonds is 11. The van der Waals surface area contributed by atoms with E-state index in [1.807, 2.05) is 6.92 Å². The highest BCUT2D eigenvalue weighted by Crippen LogP contribution is 2.41. The number of thiol groups is 1. The standard InChI is InChI=1S/C25H37N3O7S/c1-6-34-20(30)10-11-26-22(31)21(16-8-7-9-17(29)13-16)28(19-12-15(19)2)23(32)18(14-36)27-24(33)35-25(3,4)5/h7-9,13,15,18-19,21,29,36H,6,10-12,14H2,1-5H3,(H,26,31)(H,27,33). The predicted octanol–water partition coefficient (Wildman–Crippen LogP) is 2.56. The molecule has 36 heavy (non-hydrogen) atoms. The third-order valence-corrected chi connectivity index (χ3v) is 5.86. The van der Waals surface area contributed by atoms with Crippen molar-refractivity contribution >= 4 is 36.5 Å². The first kappa shape index (κ1) is 29.3. The second kappa shape index (κ2) is 12.8. The summed E-state index contributed by atoms with van der Waals surface area (Å²) in [4.78, 5) is 52.7. The van der Waals surface area contributed by atoms with Gasteiger partial charge in [-0.3, -0.25) is 14.4 Å². The molecule has 0 bridgehead atoms. The van der Waals surface area contributed by atoms with Crippen LogP contribution in [0.3, 0.4) is 0 Å². The van der Waals surface area contributed by atoms with Gasteiger partial charge in [-0.1, -0.05) is 19.1 Å². The summed E-state index contributed by atoms with van der Waals surface area (Å²) >= 11 is 4.26. The number of carbonyl (C=O) groups is 4. The Kier molecular flexibility index (Phi) is 10.4. The minimum atomic E-state index is -1.11. The van der Waals surface area contributed by atoms with Crippen LogP contribution in [0.2, 0.25) is 0 Å². The lowest BCUT2D eigenvalue weighted by Crippen LogP contribution is -2.54. The van der Waals surface area contributed by atoms with Crippen molar-refractivity contribution in [1.29, 1.82) is 0 Å². The van der Waals surface area contributed by atoms with Gasteiger partial charge in [0.1, 0.15) is 23.4 Å². The number of benzene rings is 1. The maximum Gasteiger partial charge on any atom is 0.408 e. The maximum absolute atomic E-state index is 13.8. The van der Waals surface area contributed by atoms with Crippen LogP contribution in [0.4, 0.5) is 4.79 Å². The summed E-state index contributed by atoms with van der Waals surface area (Å²) in [7, 11) is 0. The Labute approximate surface area is 217 Å². The molecule has 200 valence electrons. The summed E-state index contributed by atoms with van der Waals surface area (Å²) < 4.78 is 10.2. The number of phenols is 1. The smallest absolute Gasteiger partial charge is 0.408 e. The molecule has 1 fully saturated rings. The molecular formula is C25H37N3O7S. The van der Waals surface area contributed by atoms with Gasteiger partial charge in [0, 0.05) is 18.3 Å². The highest BCUT2D eigenvalue weighted by Gasteiger charge is 2.48. The van der Waals surface area contributed by atoms with Crippen molar-refractivity contribution in [2.75, 3.05) is 18.9 Å². The molecule has 2 rings (SSSR count). The van der Waals surface area contributed by atoms with E-state index in [0.717, 1.165) is 0 Å². The van der Waals surface area contributed by atoms with Gasteiger partial charge in [-0.25, -0.2) is 4.79 Å². The monoisotopic (exact) mass is 523 g/mol. The number of alkyl carbamates (subject to hydrolysis) is 1. The first-order valence-electron chi connectivity index (χ1n) is 12.0. The van der Waals surface area contributed by atoms with Crippen molar-refractivity contribution in [2.24, 2.45) is 5.92 Å². The van der Waals surface area contributed by atoms with E-state index in [-0.39, 0.29) is 43.0 Å². The van der Waals surface area contributed by atoms with Gasteiger partial charge in [0.25, 0.3) is 0 Å². The van der Waals surface area contributed by atoms with Crippen LogP contribution >= 0.6 is 12.6 Å². The summed E-state index contributed by atoms with van der Waals surface area (Å²) in [6.07, 6.45) is -0.130. The zero-order chi connectivity index (χ0) is 27.0. The van der Waals surface area contributed by atoms with E-state index in [0.29, 0.717) is 12.0 Å². The zero-order valence-electron chi connectivity index (χ0n) is 21.4. The molecule has 1 aliphatic carbocycles. The Hall–Kier alpha value is -2.95. The third kappa shape index (κ3) is 8.61. The molecule has 4 atom stereocenters. The number of aromatic hydroxyl groups is 1. The van der Waals surface area contributed by atoms with Gasteiger partial charge >= 0.3 is 12.1 Å². The first-order valence-corrected chi connectivity index (χ1v) is 12.7. The Morgan fingerprint density at radius 2 is 1.92 bits per heavy atom. The van der Waals surface area contributed by atoms with Crippen LogP contribution in [0, 0.1) is 5.92 Å². The first-order chi connectivity index (χ1) is 16.9. The topological polar surface area (TPSA) is 134 Å². The molecule has 1 saturated carbocycles. The van der Waals surface area contributed by atoms with Gasteiger partial charge in [-0.15, -0.1) is 0 Å². The van der Waals surface area contributed by atoms with E-state index in [1.54, 1.807) is 39.8 Å². The average Bonchev–Trinajstić information content (AvgIpc) is 3.49. The Morgan fingerprint density at radius 3 is 2.44 bits per heavy atom. The Bertz CT molecular complexity index is 950. The lowest BCUT2D eigenvalue weighted by atomic mass is 10.0. The van der Waals surface area contributed by atoms with E-state index in [4.69, 9.17) is 9.47 Å². The minimum Gasteiger partial charge on any atom is -0.508 e. The van der Waals surface area contributed by atoms with Crippen LogP contribution in [0.15, 0.2) is 24.3 Å². The molecule has 1 aromatic rings. The molecule has 1 aromatic carbocycles. The van der Waals surface area contributed by atoms with E-state index < -0.39 is 41.6 Å². The molecule has 1 aliphatic rings. The SMILES string of the molecule is CCOC(=O)CCNC(=O)C(c1cccc(O)c1)N(C(=O)C(CS)NC(=O)OC(C)(C)C)C1CC1C. The third-order valence-electron chi connectivity index (χ3n) is 5.50. The van der Waals surface area contributed by atoms with Crippen LogP contribution < -0.4 is 10.6 Å². The Balaban J connectivity index is 2.35. The van der Waals surface area contributed by atoms with Gasteiger partial charge in [0.05, 0.1) is 13.0 Å². The highest BCUT2D eigenvalue weighted by atomic mass is 32.1. The summed E-state index contributed by atoms with van der Waals surface area (Å²) in [5.74, 6) is -1.43. The molecule has 0 spiro atoms. The van der Waals surface area contributed by atoms with Crippen LogP contribution in [0.1, 0.15) is 59.1 Å². The lowest BCUT2D eigenvalue weighted by Gasteiger charge is -2.34. The molecule has 3 amide bonds. The van der Waals surface area contributed by atoms with Gasteiger partial charge in [-0.2, -0.15) is 12.6 Å². The van der Waals surface area contributed by atoms with Gasteiger partial charge in [0.2, 0.25) is 11.8 Å². The number of phenolic OH excluding ortho intramolecular Hbond substituents is 1. The van der Waals surface area contributed by atoms with E-state index in [1.165, 1.54) is 17.0 Å². The summed E-state index contributed by atoms with van der Waals surface area (Å²) in [6.45, 7) is 9.03. The summed E-state index contributed by atoms with van der Waals surface area (Å²) in [6, 6.07) is 3.68. The van der Waals surface area contributed by atoms with E-state index in [2.05, 4.69) is 23.3 Å². The normalized spacial score (nSPS) is 18.4. The highest BCUT2D eigenvalue weighted by molar-refractivity contribution is 7.80. The van der Waals surface area contributed by atoms with Crippen LogP contribution in [0.5, 0.6) is 5.75 Å². The van der Waals surface area contributed by atoms with Crippen LogP contribution in [-0.4, -0.2) is 70.5 Å². The molecule has 11 heteroatoms. The quantitative estimate of drug-likeness (QED) is 0.259. The molecule has 0 aliphatic heterocycles. The van der Waals surface area contributed by atoms with E-state index in [9.17, 15) is 24.3 Å². The fraction of sp³-hybridized carbons (Fsp3) is 0.600. The predicted molar refractivity (Wildman–Crippen MR) is 137 cm³/mol. The molecule has 0 heterocycles.